The highest BCUT2D eigenvalue weighted by molar-refractivity contribution is 5.50. The fourth-order valence-corrected chi connectivity index (χ4v) is 2.75. The molecule has 0 atom stereocenters. The maximum atomic E-state index is 14.4. The van der Waals surface area contributed by atoms with Crippen molar-refractivity contribution in [1.82, 2.24) is 0 Å². The largest absolute Gasteiger partial charge is 0.346 e. The summed E-state index contributed by atoms with van der Waals surface area (Å²) in [6.07, 6.45) is 0. The van der Waals surface area contributed by atoms with Crippen molar-refractivity contribution in [3.05, 3.63) is 74.8 Å². The molecule has 2 aromatic carbocycles. The van der Waals surface area contributed by atoms with Gasteiger partial charge < -0.3 is 0 Å². The van der Waals surface area contributed by atoms with Gasteiger partial charge in [0.1, 0.15) is 5.56 Å². The summed E-state index contributed by atoms with van der Waals surface area (Å²) in [5.41, 5.74) is -8.23. The van der Waals surface area contributed by atoms with Crippen LogP contribution in [0.5, 0.6) is 0 Å². The zero-order valence-electron chi connectivity index (χ0n) is 12.8. The van der Waals surface area contributed by atoms with Gasteiger partial charge in [-0.25, -0.2) is 0 Å². The molecule has 0 N–H and O–H groups in total. The normalized spacial score (nSPS) is 21.3. The van der Waals surface area contributed by atoms with Crippen LogP contribution in [-0.2, 0) is 23.7 Å². The average molecular weight is 397 g/mol. The van der Waals surface area contributed by atoms with Crippen molar-refractivity contribution in [2.75, 3.05) is 0 Å². The van der Waals surface area contributed by atoms with Crippen molar-refractivity contribution >= 4 is 5.69 Å². The molecule has 0 heterocycles. The van der Waals surface area contributed by atoms with E-state index in [9.17, 15) is 45.2 Å². The van der Waals surface area contributed by atoms with E-state index in [2.05, 4.69) is 0 Å². The van der Waals surface area contributed by atoms with Crippen LogP contribution in [0.4, 0.5) is 40.8 Å². The van der Waals surface area contributed by atoms with Crippen molar-refractivity contribution in [3.63, 3.8) is 0 Å². The lowest BCUT2D eigenvalue weighted by molar-refractivity contribution is -0.388. The zero-order chi connectivity index (χ0) is 20.4. The molecule has 0 spiro atoms. The van der Waals surface area contributed by atoms with Gasteiger partial charge in [-0.05, 0) is 6.07 Å². The lowest BCUT2D eigenvalue weighted by Gasteiger charge is -2.31. The van der Waals surface area contributed by atoms with E-state index in [1.54, 1.807) is 0 Å². The number of nitrogens with zero attached hydrogens (tertiary/aromatic N) is 1. The molecule has 0 fully saturated rings. The fourth-order valence-electron chi connectivity index (χ4n) is 2.75. The molecule has 4 aliphatic rings. The number of hydrogen-bond acceptors (Lipinski definition) is 2. The Kier molecular flexibility index (Phi) is 3.81. The highest BCUT2D eigenvalue weighted by atomic mass is 19.3. The number of benzene rings is 2. The van der Waals surface area contributed by atoms with Gasteiger partial charge in [0, 0.05) is 22.8 Å². The highest BCUT2D eigenvalue weighted by Crippen LogP contribution is 2.55. The van der Waals surface area contributed by atoms with Gasteiger partial charge in [0.15, 0.2) is 0 Å². The van der Waals surface area contributed by atoms with Gasteiger partial charge in [0.25, 0.3) is 5.69 Å². The molecule has 0 aliphatic heterocycles. The Morgan fingerprint density at radius 1 is 0.630 bits per heavy atom. The van der Waals surface area contributed by atoms with Crippen LogP contribution >= 0.6 is 0 Å². The zero-order valence-corrected chi connectivity index (χ0v) is 12.8. The van der Waals surface area contributed by atoms with Crippen molar-refractivity contribution in [2.45, 2.75) is 23.7 Å². The minimum atomic E-state index is -5.17. The van der Waals surface area contributed by atoms with Gasteiger partial charge in [0.2, 0.25) is 0 Å². The van der Waals surface area contributed by atoms with Crippen LogP contribution in [0.2, 0.25) is 0 Å². The highest BCUT2D eigenvalue weighted by Gasteiger charge is 2.63. The molecule has 0 unspecified atom stereocenters. The Morgan fingerprint density at radius 2 is 1.00 bits per heavy atom. The molecule has 0 saturated heterocycles. The SMILES string of the molecule is O=[N+]([O-])c1cc2ccc1C(F)(F)C(F)(F)c1ccc(cc1)C(F)(F)C2(F)F. The summed E-state index contributed by atoms with van der Waals surface area (Å²) in [5.74, 6) is -20.2. The Hall–Kier alpha value is -2.72. The van der Waals surface area contributed by atoms with Gasteiger partial charge in [-0.2, -0.15) is 35.1 Å². The van der Waals surface area contributed by atoms with Crippen LogP contribution in [0.15, 0.2) is 42.5 Å². The molecule has 0 amide bonds. The second-order valence-electron chi connectivity index (χ2n) is 5.86. The second-order valence-corrected chi connectivity index (χ2v) is 5.86. The summed E-state index contributed by atoms with van der Waals surface area (Å²) >= 11 is 0. The minimum Gasteiger partial charge on any atom is -0.258 e. The molecule has 11 heteroatoms. The third-order valence-corrected chi connectivity index (χ3v) is 4.29. The average Bonchev–Trinajstić information content (AvgIpc) is 2.60. The molecule has 0 saturated carbocycles. The van der Waals surface area contributed by atoms with E-state index >= 15 is 0 Å². The summed E-state index contributed by atoms with van der Waals surface area (Å²) in [6.45, 7) is 0. The number of halogens is 8. The Morgan fingerprint density at radius 3 is 1.44 bits per heavy atom. The lowest BCUT2D eigenvalue weighted by atomic mass is 9.88. The number of alkyl halides is 8. The van der Waals surface area contributed by atoms with E-state index in [4.69, 9.17) is 0 Å². The number of nitro benzene ring substituents is 1. The summed E-state index contributed by atoms with van der Waals surface area (Å²) in [6, 6.07) is 0.458. The van der Waals surface area contributed by atoms with Gasteiger partial charge in [-0.3, -0.25) is 10.1 Å². The minimum absolute atomic E-state index is 0.0498. The van der Waals surface area contributed by atoms with Gasteiger partial charge in [-0.1, -0.05) is 30.3 Å². The topological polar surface area (TPSA) is 43.1 Å². The molecule has 144 valence electrons. The second kappa shape index (κ2) is 5.40. The molecule has 3 nitrogen and oxygen atoms in total. The number of rotatable bonds is 1. The standard InChI is InChI=1S/C16H7F8NO2/c17-13(18)8-1-3-9(4-2-8)14(19,20)16(23,24)11-6-5-10(15(13,21)22)7-12(11)25(26)27/h1-7H. The van der Waals surface area contributed by atoms with Gasteiger partial charge in [0.05, 0.1) is 4.92 Å². The third-order valence-electron chi connectivity index (χ3n) is 4.29. The third kappa shape index (κ3) is 2.40. The number of nitro groups is 1. The van der Waals surface area contributed by atoms with E-state index in [0.29, 0.717) is 0 Å². The predicted octanol–water partition coefficient (Wildman–Crippen LogP) is 5.68. The van der Waals surface area contributed by atoms with Crippen LogP contribution in [-0.4, -0.2) is 4.92 Å². The maximum Gasteiger partial charge on any atom is 0.346 e. The molecule has 4 bridgehead atoms. The van der Waals surface area contributed by atoms with Crippen molar-refractivity contribution in [3.8, 4) is 0 Å². The first-order valence-electron chi connectivity index (χ1n) is 7.16. The molecule has 2 aromatic rings. The Bertz CT molecular complexity index is 925. The first-order valence-corrected chi connectivity index (χ1v) is 7.16. The van der Waals surface area contributed by atoms with E-state index in [1.807, 2.05) is 0 Å². The molecule has 0 aromatic heterocycles. The van der Waals surface area contributed by atoms with Crippen molar-refractivity contribution in [2.24, 2.45) is 0 Å². The smallest absolute Gasteiger partial charge is 0.258 e. The van der Waals surface area contributed by atoms with Crippen LogP contribution in [0.25, 0.3) is 0 Å². The summed E-state index contributed by atoms with van der Waals surface area (Å²) in [7, 11) is 0. The Labute approximate surface area is 145 Å². The van der Waals surface area contributed by atoms with E-state index in [0.717, 1.165) is 0 Å². The van der Waals surface area contributed by atoms with Crippen LogP contribution in [0, 0.1) is 10.1 Å². The summed E-state index contributed by atoms with van der Waals surface area (Å²) in [5, 5.41) is 11.0. The molecular weight excluding hydrogens is 390 g/mol. The predicted molar refractivity (Wildman–Crippen MR) is 75.1 cm³/mol. The summed E-state index contributed by atoms with van der Waals surface area (Å²) < 4.78 is 115. The summed E-state index contributed by atoms with van der Waals surface area (Å²) in [4.78, 5) is 9.40. The first kappa shape index (κ1) is 19.1. The maximum absolute atomic E-state index is 14.4. The first-order chi connectivity index (χ1) is 12.2. The molecular formula is C16H7F8NO2. The van der Waals surface area contributed by atoms with Gasteiger partial charge in [-0.15, -0.1) is 0 Å². The van der Waals surface area contributed by atoms with Crippen LogP contribution in [0.3, 0.4) is 0 Å². The van der Waals surface area contributed by atoms with E-state index < -0.39 is 56.6 Å². The van der Waals surface area contributed by atoms with Crippen molar-refractivity contribution < 1.29 is 40.0 Å². The Balaban J connectivity index is 2.46. The van der Waals surface area contributed by atoms with Crippen LogP contribution in [0.1, 0.15) is 22.3 Å². The quantitative estimate of drug-likeness (QED) is 0.353. The van der Waals surface area contributed by atoms with E-state index in [-0.39, 0.29) is 42.5 Å². The van der Waals surface area contributed by atoms with E-state index in [1.165, 1.54) is 0 Å². The molecule has 27 heavy (non-hydrogen) atoms. The fraction of sp³-hybridized carbons (Fsp3) is 0.250. The molecule has 4 aliphatic carbocycles. The van der Waals surface area contributed by atoms with Crippen molar-refractivity contribution in [1.29, 1.82) is 0 Å². The molecule has 0 radical (unpaired) electrons. The number of hydrogen-bond donors (Lipinski definition) is 0. The van der Waals surface area contributed by atoms with Gasteiger partial charge >= 0.3 is 23.7 Å². The lowest BCUT2D eigenvalue weighted by Crippen LogP contribution is -2.39. The van der Waals surface area contributed by atoms with Crippen LogP contribution < -0.4 is 0 Å². The monoisotopic (exact) mass is 397 g/mol. The molecule has 6 rings (SSSR count).